The van der Waals surface area contributed by atoms with Gasteiger partial charge in [0.1, 0.15) is 12.1 Å². The van der Waals surface area contributed by atoms with Crippen LogP contribution in [0.2, 0.25) is 0 Å². The summed E-state index contributed by atoms with van der Waals surface area (Å²) in [5, 5.41) is 4.32. The number of aromatic nitrogens is 4. The molecule has 108 valence electrons. The molecule has 0 bridgehead atoms. The molecule has 0 aliphatic heterocycles. The number of nitrogen functional groups attached to an aromatic ring is 1. The van der Waals surface area contributed by atoms with Gasteiger partial charge in [0.15, 0.2) is 0 Å². The fraction of sp³-hybridized carbons (Fsp3) is 0.200. The van der Waals surface area contributed by atoms with Crippen molar-refractivity contribution in [2.45, 2.75) is 6.54 Å². The second-order valence-corrected chi connectivity index (χ2v) is 4.74. The minimum absolute atomic E-state index is 0.512. The highest BCUT2D eigenvalue weighted by Gasteiger charge is 2.03. The van der Waals surface area contributed by atoms with Crippen molar-refractivity contribution in [1.29, 1.82) is 0 Å². The lowest BCUT2D eigenvalue weighted by molar-refractivity contribution is 0.183. The van der Waals surface area contributed by atoms with Gasteiger partial charge < -0.3 is 15.0 Å². The Morgan fingerprint density at radius 1 is 1.14 bits per heavy atom. The fourth-order valence-corrected chi connectivity index (χ4v) is 2.12. The molecule has 0 aliphatic rings. The van der Waals surface area contributed by atoms with E-state index in [0.29, 0.717) is 12.4 Å². The van der Waals surface area contributed by atoms with Crippen LogP contribution in [-0.2, 0) is 11.3 Å². The average Bonchev–Trinajstić information content (AvgIpc) is 3.14. The largest absolute Gasteiger partial charge is 0.383 e. The smallest absolute Gasteiger partial charge is 0.141 e. The lowest BCUT2D eigenvalue weighted by Gasteiger charge is -2.03. The van der Waals surface area contributed by atoms with Crippen LogP contribution in [0.1, 0.15) is 0 Å². The molecule has 0 fully saturated rings. The fourth-order valence-electron chi connectivity index (χ4n) is 2.12. The van der Waals surface area contributed by atoms with Crippen molar-refractivity contribution in [3.8, 4) is 16.8 Å². The molecule has 2 heterocycles. The number of hydrogen-bond donors (Lipinski definition) is 1. The molecule has 0 spiro atoms. The van der Waals surface area contributed by atoms with Gasteiger partial charge in [0, 0.05) is 24.6 Å². The highest BCUT2D eigenvalue weighted by atomic mass is 16.5. The molecular formula is C15H17N5O. The lowest BCUT2D eigenvalue weighted by Crippen LogP contribution is -2.03. The number of nitrogens with two attached hydrogens (primary N) is 1. The third-order valence-corrected chi connectivity index (χ3v) is 3.26. The number of anilines is 1. The Bertz CT molecular complexity index is 714. The Kier molecular flexibility index (Phi) is 3.70. The first-order valence-electron chi connectivity index (χ1n) is 6.68. The minimum Gasteiger partial charge on any atom is -0.383 e. The molecule has 3 rings (SSSR count). The van der Waals surface area contributed by atoms with Crippen molar-refractivity contribution < 1.29 is 4.74 Å². The zero-order valence-corrected chi connectivity index (χ0v) is 11.8. The molecule has 0 saturated heterocycles. The van der Waals surface area contributed by atoms with E-state index in [4.69, 9.17) is 10.5 Å². The van der Waals surface area contributed by atoms with Gasteiger partial charge in [0.25, 0.3) is 0 Å². The van der Waals surface area contributed by atoms with Crippen molar-refractivity contribution in [2.24, 2.45) is 0 Å². The molecule has 0 aliphatic carbocycles. The molecule has 3 aromatic rings. The van der Waals surface area contributed by atoms with Gasteiger partial charge in [0.05, 0.1) is 25.5 Å². The van der Waals surface area contributed by atoms with Crippen molar-refractivity contribution in [3.63, 3.8) is 0 Å². The number of nitrogens with zero attached hydrogens (tertiary/aromatic N) is 4. The third-order valence-electron chi connectivity index (χ3n) is 3.26. The zero-order chi connectivity index (χ0) is 14.7. The maximum Gasteiger partial charge on any atom is 0.141 e. The molecule has 0 radical (unpaired) electrons. The summed E-state index contributed by atoms with van der Waals surface area (Å²) < 4.78 is 8.82. The van der Waals surface area contributed by atoms with Crippen LogP contribution in [-0.4, -0.2) is 33.0 Å². The zero-order valence-electron chi connectivity index (χ0n) is 11.8. The first-order valence-corrected chi connectivity index (χ1v) is 6.68. The lowest BCUT2D eigenvalue weighted by atomic mass is 10.1. The number of methoxy groups -OCH3 is 1. The molecule has 0 saturated carbocycles. The summed E-state index contributed by atoms with van der Waals surface area (Å²) in [5.74, 6) is 0.512. The Hall–Kier alpha value is -2.60. The summed E-state index contributed by atoms with van der Waals surface area (Å²) in [4.78, 5) is 4.02. The van der Waals surface area contributed by atoms with Crippen LogP contribution in [0.15, 0.2) is 49.2 Å². The Labute approximate surface area is 122 Å². The molecule has 21 heavy (non-hydrogen) atoms. The first-order chi connectivity index (χ1) is 10.3. The van der Waals surface area contributed by atoms with Gasteiger partial charge >= 0.3 is 0 Å². The van der Waals surface area contributed by atoms with E-state index < -0.39 is 0 Å². The second-order valence-electron chi connectivity index (χ2n) is 4.74. The number of ether oxygens (including phenoxy) is 1. The van der Waals surface area contributed by atoms with Crippen LogP contribution in [0.4, 0.5) is 5.82 Å². The molecule has 2 N–H and O–H groups in total. The predicted molar refractivity (Wildman–Crippen MR) is 81.1 cm³/mol. The van der Waals surface area contributed by atoms with E-state index in [1.807, 2.05) is 33.8 Å². The normalized spacial score (nSPS) is 10.9. The van der Waals surface area contributed by atoms with Gasteiger partial charge in [0.2, 0.25) is 0 Å². The van der Waals surface area contributed by atoms with Gasteiger partial charge in [-0.3, -0.25) is 4.68 Å². The highest BCUT2D eigenvalue weighted by Crippen LogP contribution is 2.20. The maximum atomic E-state index is 5.63. The molecular weight excluding hydrogens is 266 g/mol. The SMILES string of the molecule is COCCn1cc(-c2ccc(-n3cnc(N)c3)cc2)cn1. The van der Waals surface area contributed by atoms with Crippen LogP contribution in [0.5, 0.6) is 0 Å². The Morgan fingerprint density at radius 3 is 2.62 bits per heavy atom. The van der Waals surface area contributed by atoms with Crippen molar-refractivity contribution in [1.82, 2.24) is 19.3 Å². The van der Waals surface area contributed by atoms with Gasteiger partial charge in [-0.25, -0.2) is 4.98 Å². The van der Waals surface area contributed by atoms with Gasteiger partial charge in [-0.1, -0.05) is 12.1 Å². The quantitative estimate of drug-likeness (QED) is 0.777. The minimum atomic E-state index is 0.512. The average molecular weight is 283 g/mol. The molecule has 0 atom stereocenters. The van der Waals surface area contributed by atoms with E-state index in [9.17, 15) is 0 Å². The number of imidazole rings is 1. The molecule has 2 aromatic heterocycles. The first kappa shape index (κ1) is 13.4. The van der Waals surface area contributed by atoms with Crippen LogP contribution >= 0.6 is 0 Å². The maximum absolute atomic E-state index is 5.63. The number of rotatable bonds is 5. The Morgan fingerprint density at radius 2 is 1.95 bits per heavy atom. The van der Waals surface area contributed by atoms with Crippen LogP contribution in [0.3, 0.4) is 0 Å². The van der Waals surface area contributed by atoms with Gasteiger partial charge in [-0.15, -0.1) is 0 Å². The molecule has 6 nitrogen and oxygen atoms in total. The highest BCUT2D eigenvalue weighted by molar-refractivity contribution is 5.63. The van der Waals surface area contributed by atoms with Crippen LogP contribution in [0, 0.1) is 0 Å². The van der Waals surface area contributed by atoms with E-state index in [1.165, 1.54) is 0 Å². The summed E-state index contributed by atoms with van der Waals surface area (Å²) in [5.41, 5.74) is 8.86. The summed E-state index contributed by atoms with van der Waals surface area (Å²) in [6.07, 6.45) is 7.37. The van der Waals surface area contributed by atoms with Crippen LogP contribution in [0.25, 0.3) is 16.8 Å². The number of hydrogen-bond acceptors (Lipinski definition) is 4. The predicted octanol–water partition coefficient (Wildman–Crippen LogP) is 1.96. The van der Waals surface area contributed by atoms with E-state index in [0.717, 1.165) is 23.4 Å². The van der Waals surface area contributed by atoms with Gasteiger partial charge in [-0.2, -0.15) is 5.10 Å². The van der Waals surface area contributed by atoms with Crippen molar-refractivity contribution >= 4 is 5.82 Å². The van der Waals surface area contributed by atoms with E-state index in [-0.39, 0.29) is 0 Å². The molecule has 6 heteroatoms. The topological polar surface area (TPSA) is 70.9 Å². The van der Waals surface area contributed by atoms with E-state index >= 15 is 0 Å². The van der Waals surface area contributed by atoms with Crippen molar-refractivity contribution in [3.05, 3.63) is 49.2 Å². The summed E-state index contributed by atoms with van der Waals surface area (Å²) in [7, 11) is 1.69. The second kappa shape index (κ2) is 5.80. The van der Waals surface area contributed by atoms with Gasteiger partial charge in [-0.05, 0) is 17.7 Å². The molecule has 0 unspecified atom stereocenters. The number of benzene rings is 1. The molecule has 0 amide bonds. The molecule has 1 aromatic carbocycles. The Balaban J connectivity index is 1.79. The van der Waals surface area contributed by atoms with E-state index in [1.54, 1.807) is 19.6 Å². The standard InChI is InChI=1S/C15H17N5O/c1-21-7-6-20-9-13(8-18-20)12-2-4-14(5-3-12)19-10-15(16)17-11-19/h2-5,8-11H,6-7,16H2,1H3. The van der Waals surface area contributed by atoms with E-state index in [2.05, 4.69) is 22.2 Å². The summed E-state index contributed by atoms with van der Waals surface area (Å²) >= 11 is 0. The monoisotopic (exact) mass is 283 g/mol. The third kappa shape index (κ3) is 2.95. The van der Waals surface area contributed by atoms with Crippen LogP contribution < -0.4 is 5.73 Å². The van der Waals surface area contributed by atoms with Crippen molar-refractivity contribution in [2.75, 3.05) is 19.5 Å². The summed E-state index contributed by atoms with van der Waals surface area (Å²) in [6, 6.07) is 8.18. The summed E-state index contributed by atoms with van der Waals surface area (Å²) in [6.45, 7) is 1.41.